The van der Waals surface area contributed by atoms with Gasteiger partial charge in [-0.25, -0.2) is 23.1 Å². The lowest BCUT2D eigenvalue weighted by Crippen LogP contribution is -2.58. The van der Waals surface area contributed by atoms with Crippen LogP contribution in [0.5, 0.6) is 5.75 Å². The average molecular weight is 1210 g/mol. The molecule has 26 heteroatoms. The van der Waals surface area contributed by atoms with E-state index >= 15 is 8.78 Å². The number of rotatable bonds is 30. The quantitative estimate of drug-likeness (QED) is 0.0251. The SMILES string of the molecule is Cc1ncsc1-c1ccc(CNC(=O)[C@@H]2C[C@@H](O)CN2C(=O)[C@@H](NC(=O)COCCOCCOCCOCCOCCOc2ccc(-c3cnc4[nH]cc(C(=O)c5c(F)ccc(NS(=O)(=O)N6CC[C@@H](F)C6)c5F)c4c3)cc2)C(C)(C)C)cc1. The van der Waals surface area contributed by atoms with E-state index in [4.69, 9.17) is 28.4 Å². The molecule has 3 aromatic carbocycles. The molecule has 452 valence electrons. The van der Waals surface area contributed by atoms with E-state index < -0.39 is 92.9 Å². The third-order valence-corrected chi connectivity index (χ3v) is 16.3. The average Bonchev–Trinajstić information content (AvgIpc) is 4.51. The largest absolute Gasteiger partial charge is 0.491 e. The molecule has 0 unspecified atom stereocenters. The molecule has 2 saturated heterocycles. The number of hydrogen-bond donors (Lipinski definition) is 5. The van der Waals surface area contributed by atoms with Crippen molar-refractivity contribution in [1.29, 1.82) is 0 Å². The summed E-state index contributed by atoms with van der Waals surface area (Å²) in [4.78, 5) is 68.0. The number of β-amino-alcohol motifs (C(OH)–C–C–N with tert-alkyl or cyclic N) is 1. The van der Waals surface area contributed by atoms with E-state index in [2.05, 4.69) is 25.6 Å². The number of likely N-dealkylation sites (tertiary alicyclic amines) is 1. The smallest absolute Gasteiger partial charge is 0.301 e. The van der Waals surface area contributed by atoms with Crippen LogP contribution in [0.25, 0.3) is 32.6 Å². The number of anilines is 1. The van der Waals surface area contributed by atoms with E-state index in [0.29, 0.717) is 56.5 Å². The van der Waals surface area contributed by atoms with Crippen LogP contribution in [0.4, 0.5) is 18.9 Å². The van der Waals surface area contributed by atoms with E-state index in [1.165, 1.54) is 11.1 Å². The van der Waals surface area contributed by atoms with Crippen molar-refractivity contribution in [2.75, 3.05) is 97.0 Å². The van der Waals surface area contributed by atoms with Crippen molar-refractivity contribution in [3.05, 3.63) is 119 Å². The molecule has 0 aliphatic carbocycles. The number of aliphatic hydroxyl groups excluding tert-OH is 1. The van der Waals surface area contributed by atoms with Crippen molar-refractivity contribution in [1.82, 2.24) is 34.8 Å². The van der Waals surface area contributed by atoms with Gasteiger partial charge in [0.2, 0.25) is 23.5 Å². The number of amides is 3. The lowest BCUT2D eigenvalue weighted by Gasteiger charge is -2.35. The Hall–Kier alpha value is -6.88. The van der Waals surface area contributed by atoms with Crippen molar-refractivity contribution in [2.24, 2.45) is 5.41 Å². The summed E-state index contributed by atoms with van der Waals surface area (Å²) in [5.74, 6) is -4.47. The Morgan fingerprint density at radius 1 is 0.833 bits per heavy atom. The highest BCUT2D eigenvalue weighted by Crippen LogP contribution is 2.32. The first-order valence-corrected chi connectivity index (χ1v) is 29.7. The number of halogens is 3. The van der Waals surface area contributed by atoms with Crippen LogP contribution < -0.4 is 20.1 Å². The van der Waals surface area contributed by atoms with Gasteiger partial charge in [0.1, 0.15) is 48.7 Å². The van der Waals surface area contributed by atoms with Gasteiger partial charge in [0.05, 0.1) is 92.9 Å². The molecular weight excluding hydrogens is 1140 g/mol. The molecule has 0 saturated carbocycles. The molecule has 4 atom stereocenters. The number of carbonyl (C=O) groups is 4. The second-order valence-electron chi connectivity index (χ2n) is 21.1. The Morgan fingerprint density at radius 3 is 2.10 bits per heavy atom. The van der Waals surface area contributed by atoms with Crippen LogP contribution in [0.2, 0.25) is 0 Å². The lowest BCUT2D eigenvalue weighted by molar-refractivity contribution is -0.144. The highest BCUT2D eigenvalue weighted by Gasteiger charge is 2.44. The van der Waals surface area contributed by atoms with Crippen molar-refractivity contribution < 1.29 is 74.3 Å². The number of hydrogen-bond acceptors (Lipinski definition) is 16. The number of nitrogens with one attached hydrogen (secondary N) is 4. The van der Waals surface area contributed by atoms with Gasteiger partial charge < -0.3 is 54.0 Å². The zero-order valence-electron chi connectivity index (χ0n) is 47.0. The summed E-state index contributed by atoms with van der Waals surface area (Å²) in [6.07, 6.45) is 0.638. The summed E-state index contributed by atoms with van der Waals surface area (Å²) in [5.41, 5.74) is 3.78. The molecular formula is C58H69F3N8O13S2. The summed E-state index contributed by atoms with van der Waals surface area (Å²) in [7, 11) is -4.38. The minimum absolute atomic E-state index is 0.0143. The molecule has 3 aromatic heterocycles. The maximum Gasteiger partial charge on any atom is 0.301 e. The minimum atomic E-state index is -4.38. The zero-order valence-corrected chi connectivity index (χ0v) is 48.6. The van der Waals surface area contributed by atoms with Crippen LogP contribution in [0.15, 0.2) is 84.6 Å². The summed E-state index contributed by atoms with van der Waals surface area (Å²) in [6.45, 7) is 9.53. The zero-order chi connectivity index (χ0) is 60.0. The highest BCUT2D eigenvalue weighted by molar-refractivity contribution is 7.90. The van der Waals surface area contributed by atoms with Gasteiger partial charge in [0, 0.05) is 61.5 Å². The van der Waals surface area contributed by atoms with Gasteiger partial charge >= 0.3 is 10.2 Å². The Morgan fingerprint density at radius 2 is 1.48 bits per heavy atom. The Balaban J connectivity index is 0.654. The summed E-state index contributed by atoms with van der Waals surface area (Å²) in [5, 5.41) is 16.5. The number of carbonyl (C=O) groups excluding carboxylic acids is 4. The van der Waals surface area contributed by atoms with Gasteiger partial charge in [0.15, 0.2) is 5.82 Å². The Kier molecular flexibility index (Phi) is 22.0. The van der Waals surface area contributed by atoms with Gasteiger partial charge in [-0.3, -0.25) is 23.9 Å². The second-order valence-corrected chi connectivity index (χ2v) is 23.6. The number of aryl methyl sites for hydroxylation is 1. The molecule has 5 N–H and O–H groups in total. The van der Waals surface area contributed by atoms with Gasteiger partial charge in [-0.05, 0) is 65.8 Å². The summed E-state index contributed by atoms with van der Waals surface area (Å²) < 4.78 is 106. The number of ether oxygens (including phenoxy) is 6. The van der Waals surface area contributed by atoms with Crippen molar-refractivity contribution >= 4 is 61.8 Å². The Labute approximate surface area is 488 Å². The van der Waals surface area contributed by atoms with Crippen LogP contribution >= 0.6 is 11.3 Å². The topological polar surface area (TPSA) is 262 Å². The normalized spacial score (nSPS) is 17.0. The van der Waals surface area contributed by atoms with E-state index in [1.807, 2.05) is 56.7 Å². The van der Waals surface area contributed by atoms with Crippen LogP contribution in [-0.4, -0.2) is 178 Å². The van der Waals surface area contributed by atoms with E-state index in [0.717, 1.165) is 38.1 Å². The number of pyridine rings is 1. The maximum atomic E-state index is 15.7. The summed E-state index contributed by atoms with van der Waals surface area (Å²) in [6, 6.07) is 16.2. The molecule has 2 aliphatic rings. The molecule has 21 nitrogen and oxygen atoms in total. The van der Waals surface area contributed by atoms with Gasteiger partial charge in [-0.15, -0.1) is 11.3 Å². The summed E-state index contributed by atoms with van der Waals surface area (Å²) >= 11 is 1.56. The Bertz CT molecular complexity index is 3330. The molecule has 8 rings (SSSR count). The van der Waals surface area contributed by atoms with Crippen LogP contribution in [0, 0.1) is 24.0 Å². The first kappa shape index (κ1) is 63.1. The fourth-order valence-corrected chi connectivity index (χ4v) is 11.5. The number of thiazole rings is 1. The number of ketones is 1. The second kappa shape index (κ2) is 29.3. The van der Waals surface area contributed by atoms with Crippen LogP contribution in [0.3, 0.4) is 0 Å². The van der Waals surface area contributed by atoms with Gasteiger partial charge in [0.25, 0.3) is 0 Å². The third kappa shape index (κ3) is 16.7. The molecule has 0 radical (unpaired) electrons. The van der Waals surface area contributed by atoms with Gasteiger partial charge in [-0.2, -0.15) is 12.7 Å². The molecule has 2 aliphatic heterocycles. The number of aromatic amines is 1. The number of H-pyrrole nitrogens is 1. The fraction of sp³-hybridized carbons (Fsp3) is 0.448. The van der Waals surface area contributed by atoms with Crippen LogP contribution in [0.1, 0.15) is 60.8 Å². The molecule has 0 spiro atoms. The monoisotopic (exact) mass is 1210 g/mol. The van der Waals surface area contributed by atoms with Gasteiger partial charge in [-0.1, -0.05) is 57.2 Å². The number of nitrogens with zero attached hydrogens (tertiary/aromatic N) is 4. The predicted octanol–water partition coefficient (Wildman–Crippen LogP) is 6.14. The highest BCUT2D eigenvalue weighted by atomic mass is 32.2. The number of aliphatic hydroxyl groups is 1. The van der Waals surface area contributed by atoms with Crippen LogP contribution in [-0.2, 0) is 54.8 Å². The number of alkyl halides is 1. The lowest BCUT2D eigenvalue weighted by atomic mass is 9.85. The molecule has 6 aromatic rings. The molecule has 5 heterocycles. The number of benzene rings is 3. The number of aromatic nitrogens is 3. The fourth-order valence-electron chi connectivity index (χ4n) is 9.42. The maximum absolute atomic E-state index is 15.7. The molecule has 2 fully saturated rings. The van der Waals surface area contributed by atoms with E-state index in [9.17, 15) is 37.1 Å². The van der Waals surface area contributed by atoms with E-state index in [-0.39, 0.29) is 82.1 Å². The molecule has 0 bridgehead atoms. The first-order chi connectivity index (χ1) is 40.3. The van der Waals surface area contributed by atoms with E-state index in [1.54, 1.807) is 53.4 Å². The van der Waals surface area contributed by atoms with Crippen molar-refractivity contribution in [3.8, 4) is 27.3 Å². The predicted molar refractivity (Wildman–Crippen MR) is 306 cm³/mol. The number of fused-ring (bicyclic) bond motifs is 1. The standard InChI is InChI=1S/C58H69F3N8O13S2/c1-36-53(83-35-65-36)39-7-5-37(6-8-39)29-64-56(73)48-28-42(70)33-69(48)57(74)54(58(2,3)4)66-49(71)34-81-24-23-79-20-19-77-17-18-78-21-22-80-25-26-82-43-11-9-38(10-12-43)40-27-44-45(31-63-55(44)62-30-40)52(72)50-46(60)13-14-47(51(50)61)67-84(75,76)68-16-15-41(59)32-68/h5-14,27,30-31,35,41-42,48,54,67,70H,15-26,28-29,32-34H2,1-4H3,(H,62,63)(H,64,73)(H,66,71)/t41-,42-,48+,54-/m1/s1. The van der Waals surface area contributed by atoms with Crippen molar-refractivity contribution in [3.63, 3.8) is 0 Å². The third-order valence-electron chi connectivity index (χ3n) is 13.9. The van der Waals surface area contributed by atoms with Crippen molar-refractivity contribution in [2.45, 2.75) is 71.4 Å². The first-order valence-electron chi connectivity index (χ1n) is 27.4. The molecule has 84 heavy (non-hydrogen) atoms. The minimum Gasteiger partial charge on any atom is -0.491 e. The molecule has 3 amide bonds.